The number of carbonyl (C=O) groups excluding carboxylic acids is 1. The number of hydrogen-bond donors (Lipinski definition) is 3. The first-order chi connectivity index (χ1) is 19.5. The highest BCUT2D eigenvalue weighted by molar-refractivity contribution is 5.99. The Morgan fingerprint density at radius 3 is 2.62 bits per heavy atom. The van der Waals surface area contributed by atoms with E-state index in [0.717, 1.165) is 33.5 Å². The minimum atomic E-state index is -0.395. The van der Waals surface area contributed by atoms with Crippen molar-refractivity contribution in [3.05, 3.63) is 97.5 Å². The summed E-state index contributed by atoms with van der Waals surface area (Å²) in [6, 6.07) is 18.0. The van der Waals surface area contributed by atoms with Gasteiger partial charge in [-0.25, -0.2) is 19.4 Å². The topological polar surface area (TPSA) is 136 Å². The van der Waals surface area contributed by atoms with Gasteiger partial charge in [-0.05, 0) is 54.4 Å². The number of nitrogens with one attached hydrogen (secondary N) is 3. The molecule has 6 aromatic rings. The van der Waals surface area contributed by atoms with E-state index in [4.69, 9.17) is 9.84 Å². The number of aromatic nitrogens is 7. The maximum absolute atomic E-state index is 13.0. The van der Waals surface area contributed by atoms with Crippen molar-refractivity contribution in [3.8, 4) is 28.4 Å². The fraction of sp³-hybridized carbons (Fsp3) is 0.103. The van der Waals surface area contributed by atoms with Gasteiger partial charge in [0.15, 0.2) is 0 Å². The maximum atomic E-state index is 13.0. The molecule has 11 heteroatoms. The third-order valence-corrected chi connectivity index (χ3v) is 6.17. The van der Waals surface area contributed by atoms with Crippen LogP contribution >= 0.6 is 0 Å². The molecule has 0 fully saturated rings. The largest absolute Gasteiger partial charge is 0.457 e. The second-order valence-electron chi connectivity index (χ2n) is 9.36. The van der Waals surface area contributed by atoms with E-state index >= 15 is 0 Å². The molecule has 0 saturated carbocycles. The van der Waals surface area contributed by atoms with Gasteiger partial charge in [0.05, 0.1) is 28.8 Å². The number of urea groups is 1. The summed E-state index contributed by atoms with van der Waals surface area (Å²) < 4.78 is 7.69. The number of H-pyrrole nitrogens is 1. The van der Waals surface area contributed by atoms with Gasteiger partial charge in [0.25, 0.3) is 0 Å². The lowest BCUT2D eigenvalue weighted by Gasteiger charge is -2.11. The first-order valence-electron chi connectivity index (χ1n) is 12.6. The van der Waals surface area contributed by atoms with Crippen molar-refractivity contribution in [2.45, 2.75) is 19.8 Å². The van der Waals surface area contributed by atoms with Crippen LogP contribution in [0.15, 0.2) is 91.8 Å². The third kappa shape index (κ3) is 5.34. The molecule has 0 aliphatic heterocycles. The van der Waals surface area contributed by atoms with Gasteiger partial charge >= 0.3 is 6.03 Å². The van der Waals surface area contributed by atoms with E-state index in [1.165, 1.54) is 6.33 Å². The number of nitrogens with zero attached hydrogens (tertiary/aromatic N) is 6. The molecule has 2 aromatic carbocycles. The Morgan fingerprint density at radius 1 is 0.950 bits per heavy atom. The van der Waals surface area contributed by atoms with Crippen molar-refractivity contribution in [1.82, 2.24) is 34.9 Å². The number of amides is 2. The van der Waals surface area contributed by atoms with Gasteiger partial charge in [-0.2, -0.15) is 10.2 Å². The number of carbonyl (C=O) groups is 1. The lowest BCUT2D eigenvalue weighted by Crippen LogP contribution is -2.21. The van der Waals surface area contributed by atoms with Gasteiger partial charge in [-0.1, -0.05) is 13.8 Å². The normalized spacial score (nSPS) is 11.1. The fourth-order valence-electron chi connectivity index (χ4n) is 4.12. The lowest BCUT2D eigenvalue weighted by molar-refractivity contribution is 0.262. The molecule has 4 heterocycles. The molecule has 3 N–H and O–H groups in total. The number of aromatic amines is 1. The van der Waals surface area contributed by atoms with Crippen LogP contribution in [0.5, 0.6) is 11.5 Å². The van der Waals surface area contributed by atoms with E-state index in [0.29, 0.717) is 23.0 Å². The van der Waals surface area contributed by atoms with Crippen LogP contribution in [0.4, 0.5) is 16.3 Å². The molecule has 0 saturated heterocycles. The number of benzene rings is 2. The van der Waals surface area contributed by atoms with E-state index in [1.54, 1.807) is 59.8 Å². The Morgan fingerprint density at radius 2 is 1.82 bits per heavy atom. The average Bonchev–Trinajstić information content (AvgIpc) is 3.65. The Kier molecular flexibility index (Phi) is 6.59. The highest BCUT2D eigenvalue weighted by atomic mass is 16.5. The summed E-state index contributed by atoms with van der Waals surface area (Å²) in [6.45, 7) is 4.11. The van der Waals surface area contributed by atoms with Crippen LogP contribution in [-0.2, 0) is 0 Å². The number of fused-ring (bicyclic) bond motifs is 1. The molecular formula is C29H25N9O2. The summed E-state index contributed by atoms with van der Waals surface area (Å²) in [4.78, 5) is 25.7. The molecule has 0 bridgehead atoms. The Bertz CT molecular complexity index is 1780. The number of rotatable bonds is 7. The summed E-state index contributed by atoms with van der Waals surface area (Å²) in [7, 11) is 0. The molecule has 6 rings (SSSR count). The standard InChI is InChI=1S/C29H25N9O2/c1-18(2)26-13-28(38(37-26)22-5-8-25-19(11-22)14-30-17-32-25)36-29(39)35-21-3-6-23(7-4-21)40-24-9-10-31-27(12-24)20-15-33-34-16-20/h3-18H,1-2H3,(H,33,34)(H2,35,36,39). The molecule has 0 radical (unpaired) electrons. The Hall–Kier alpha value is -5.58. The summed E-state index contributed by atoms with van der Waals surface area (Å²) in [5, 5.41) is 18.1. The zero-order valence-corrected chi connectivity index (χ0v) is 21.7. The molecule has 40 heavy (non-hydrogen) atoms. The first-order valence-corrected chi connectivity index (χ1v) is 12.6. The third-order valence-electron chi connectivity index (χ3n) is 6.17. The van der Waals surface area contributed by atoms with Crippen molar-refractivity contribution in [2.24, 2.45) is 0 Å². The van der Waals surface area contributed by atoms with Crippen LogP contribution in [-0.4, -0.2) is 41.0 Å². The van der Waals surface area contributed by atoms with Crippen LogP contribution in [0.2, 0.25) is 0 Å². The molecule has 11 nitrogen and oxygen atoms in total. The van der Waals surface area contributed by atoms with Gasteiger partial charge in [0.2, 0.25) is 0 Å². The zero-order valence-electron chi connectivity index (χ0n) is 21.7. The Balaban J connectivity index is 1.15. The molecular weight excluding hydrogens is 506 g/mol. The zero-order chi connectivity index (χ0) is 27.5. The predicted octanol–water partition coefficient (Wildman–Crippen LogP) is 6.16. The smallest absolute Gasteiger partial charge is 0.324 e. The van der Waals surface area contributed by atoms with Crippen LogP contribution in [0.1, 0.15) is 25.5 Å². The number of ether oxygens (including phenoxy) is 1. The Labute approximate surface area is 229 Å². The van der Waals surface area contributed by atoms with Crippen molar-refractivity contribution in [1.29, 1.82) is 0 Å². The minimum absolute atomic E-state index is 0.178. The number of anilines is 2. The lowest BCUT2D eigenvalue weighted by atomic mass is 10.1. The summed E-state index contributed by atoms with van der Waals surface area (Å²) >= 11 is 0. The first kappa shape index (κ1) is 24.7. The SMILES string of the molecule is CC(C)c1cc(NC(=O)Nc2ccc(Oc3ccnc(-c4cn[nH]c4)c3)cc2)n(-c2ccc3ncncc3c2)n1. The van der Waals surface area contributed by atoms with E-state index in [-0.39, 0.29) is 5.92 Å². The monoisotopic (exact) mass is 531 g/mol. The minimum Gasteiger partial charge on any atom is -0.457 e. The molecule has 0 spiro atoms. The van der Waals surface area contributed by atoms with Crippen molar-refractivity contribution >= 4 is 28.4 Å². The van der Waals surface area contributed by atoms with E-state index in [9.17, 15) is 4.79 Å². The van der Waals surface area contributed by atoms with Crippen LogP contribution in [0, 0.1) is 0 Å². The van der Waals surface area contributed by atoms with E-state index < -0.39 is 6.03 Å². The molecule has 0 unspecified atom stereocenters. The second-order valence-corrected chi connectivity index (χ2v) is 9.36. The molecule has 198 valence electrons. The summed E-state index contributed by atoms with van der Waals surface area (Å²) in [5.41, 5.74) is 4.70. The maximum Gasteiger partial charge on any atom is 0.324 e. The molecule has 4 aromatic heterocycles. The van der Waals surface area contributed by atoms with E-state index in [2.05, 4.69) is 49.6 Å². The van der Waals surface area contributed by atoms with Crippen LogP contribution < -0.4 is 15.4 Å². The molecule has 2 amide bonds. The predicted molar refractivity (Wildman–Crippen MR) is 152 cm³/mol. The highest BCUT2D eigenvalue weighted by Gasteiger charge is 2.15. The fourth-order valence-corrected chi connectivity index (χ4v) is 4.12. The van der Waals surface area contributed by atoms with Gasteiger partial charge in [0.1, 0.15) is 23.6 Å². The van der Waals surface area contributed by atoms with Crippen molar-refractivity contribution < 1.29 is 9.53 Å². The molecule has 0 aliphatic rings. The molecule has 0 aliphatic carbocycles. The van der Waals surface area contributed by atoms with Gasteiger partial charge in [0, 0.05) is 47.4 Å². The number of pyridine rings is 1. The highest BCUT2D eigenvalue weighted by Crippen LogP contribution is 2.27. The average molecular weight is 532 g/mol. The quantitative estimate of drug-likeness (QED) is 0.224. The van der Waals surface area contributed by atoms with Crippen molar-refractivity contribution in [3.63, 3.8) is 0 Å². The van der Waals surface area contributed by atoms with Gasteiger partial charge < -0.3 is 10.1 Å². The van der Waals surface area contributed by atoms with Crippen LogP contribution in [0.3, 0.4) is 0 Å². The number of hydrogen-bond acceptors (Lipinski definition) is 7. The van der Waals surface area contributed by atoms with Gasteiger partial charge in [-0.15, -0.1) is 0 Å². The molecule has 0 atom stereocenters. The van der Waals surface area contributed by atoms with Crippen LogP contribution in [0.25, 0.3) is 27.8 Å². The van der Waals surface area contributed by atoms with Crippen molar-refractivity contribution in [2.75, 3.05) is 10.6 Å². The van der Waals surface area contributed by atoms with Gasteiger partial charge in [-0.3, -0.25) is 15.4 Å². The van der Waals surface area contributed by atoms with E-state index in [1.807, 2.05) is 30.3 Å². The summed E-state index contributed by atoms with van der Waals surface area (Å²) in [5.74, 6) is 1.98. The second kappa shape index (κ2) is 10.7. The summed E-state index contributed by atoms with van der Waals surface area (Å²) in [6.07, 6.45) is 8.41.